The second-order valence-corrected chi connectivity index (χ2v) is 4.26. The summed E-state index contributed by atoms with van der Waals surface area (Å²) in [6, 6.07) is 0. The molecular weight excluding hydrogens is 214 g/mol. The number of hydrogen-bond acceptors (Lipinski definition) is 4. The Bertz CT molecular complexity index is 383. The Morgan fingerprint density at radius 2 is 2.13 bits per heavy atom. The minimum atomic E-state index is -0.251. The van der Waals surface area contributed by atoms with Gasteiger partial charge in [0.15, 0.2) is 0 Å². The molecule has 15 heavy (non-hydrogen) atoms. The lowest BCUT2D eigenvalue weighted by atomic mass is 10.3. The molecule has 0 amide bonds. The zero-order valence-electron chi connectivity index (χ0n) is 8.87. The first-order valence-corrected chi connectivity index (χ1v) is 5.39. The minimum Gasteiger partial charge on any atom is -0.391 e. The number of halogens is 1. The SMILES string of the molecule is Cc1nc(Cl)c(C)c(N2CCC(O)C2)n1. The van der Waals surface area contributed by atoms with Gasteiger partial charge in [-0.2, -0.15) is 0 Å². The summed E-state index contributed by atoms with van der Waals surface area (Å²) in [7, 11) is 0. The zero-order valence-corrected chi connectivity index (χ0v) is 9.62. The van der Waals surface area contributed by atoms with E-state index in [1.807, 2.05) is 13.8 Å². The quantitative estimate of drug-likeness (QED) is 0.736. The molecule has 2 rings (SSSR count). The minimum absolute atomic E-state index is 0.251. The fourth-order valence-corrected chi connectivity index (χ4v) is 2.03. The van der Waals surface area contributed by atoms with Crippen molar-refractivity contribution < 1.29 is 5.11 Å². The van der Waals surface area contributed by atoms with E-state index < -0.39 is 0 Å². The molecule has 0 aromatic carbocycles. The number of hydrogen-bond donors (Lipinski definition) is 1. The van der Waals surface area contributed by atoms with E-state index in [2.05, 4.69) is 14.9 Å². The fourth-order valence-electron chi connectivity index (χ4n) is 1.82. The van der Waals surface area contributed by atoms with Crippen LogP contribution in [0.1, 0.15) is 17.8 Å². The van der Waals surface area contributed by atoms with Crippen molar-refractivity contribution >= 4 is 17.4 Å². The summed E-state index contributed by atoms with van der Waals surface area (Å²) in [6.07, 6.45) is 0.540. The van der Waals surface area contributed by atoms with Crippen molar-refractivity contribution in [3.05, 3.63) is 16.5 Å². The van der Waals surface area contributed by atoms with E-state index in [-0.39, 0.29) is 6.10 Å². The molecule has 0 spiro atoms. The van der Waals surface area contributed by atoms with Crippen LogP contribution in [0.15, 0.2) is 0 Å². The highest BCUT2D eigenvalue weighted by Gasteiger charge is 2.23. The standard InChI is InChI=1S/C10H14ClN3O/c1-6-9(11)12-7(2)13-10(6)14-4-3-8(15)5-14/h8,15H,3-5H2,1-2H3. The van der Waals surface area contributed by atoms with E-state index in [4.69, 9.17) is 11.6 Å². The summed E-state index contributed by atoms with van der Waals surface area (Å²) in [6.45, 7) is 5.19. The van der Waals surface area contributed by atoms with Gasteiger partial charge in [-0.1, -0.05) is 11.6 Å². The predicted molar refractivity (Wildman–Crippen MR) is 59.4 cm³/mol. The van der Waals surface area contributed by atoms with Crippen LogP contribution >= 0.6 is 11.6 Å². The van der Waals surface area contributed by atoms with Crippen molar-refractivity contribution in [2.75, 3.05) is 18.0 Å². The molecule has 1 aromatic heterocycles. The molecule has 0 radical (unpaired) electrons. The van der Waals surface area contributed by atoms with Gasteiger partial charge < -0.3 is 10.0 Å². The van der Waals surface area contributed by atoms with Gasteiger partial charge in [-0.15, -0.1) is 0 Å². The predicted octanol–water partition coefficient (Wildman–Crippen LogP) is 1.32. The highest BCUT2D eigenvalue weighted by Crippen LogP contribution is 2.26. The normalized spacial score (nSPS) is 21.1. The molecular formula is C10H14ClN3O. The fraction of sp³-hybridized carbons (Fsp3) is 0.600. The van der Waals surface area contributed by atoms with Gasteiger partial charge in [0.05, 0.1) is 6.10 Å². The van der Waals surface area contributed by atoms with E-state index in [0.717, 1.165) is 24.3 Å². The Morgan fingerprint density at radius 1 is 1.40 bits per heavy atom. The second kappa shape index (κ2) is 3.94. The van der Waals surface area contributed by atoms with E-state index in [9.17, 15) is 5.11 Å². The van der Waals surface area contributed by atoms with E-state index in [0.29, 0.717) is 17.5 Å². The third kappa shape index (κ3) is 2.06. The summed E-state index contributed by atoms with van der Waals surface area (Å²) >= 11 is 5.99. The maximum Gasteiger partial charge on any atom is 0.137 e. The molecule has 0 aliphatic carbocycles. The van der Waals surface area contributed by atoms with Crippen molar-refractivity contribution in [3.8, 4) is 0 Å². The van der Waals surface area contributed by atoms with Crippen LogP contribution in [0.4, 0.5) is 5.82 Å². The zero-order chi connectivity index (χ0) is 11.0. The lowest BCUT2D eigenvalue weighted by Crippen LogP contribution is -2.23. The molecule has 0 bridgehead atoms. The molecule has 2 heterocycles. The van der Waals surface area contributed by atoms with Gasteiger partial charge in [-0.25, -0.2) is 9.97 Å². The largest absolute Gasteiger partial charge is 0.391 e. The molecule has 1 N–H and O–H groups in total. The second-order valence-electron chi connectivity index (χ2n) is 3.90. The third-order valence-electron chi connectivity index (χ3n) is 2.64. The lowest BCUT2D eigenvalue weighted by Gasteiger charge is -2.19. The summed E-state index contributed by atoms with van der Waals surface area (Å²) in [4.78, 5) is 10.5. The summed E-state index contributed by atoms with van der Waals surface area (Å²) in [5.41, 5.74) is 0.886. The van der Waals surface area contributed by atoms with E-state index >= 15 is 0 Å². The van der Waals surface area contributed by atoms with E-state index in [1.165, 1.54) is 0 Å². The topological polar surface area (TPSA) is 49.2 Å². The van der Waals surface area contributed by atoms with Crippen LogP contribution in [0.2, 0.25) is 5.15 Å². The Labute approximate surface area is 93.9 Å². The van der Waals surface area contributed by atoms with Crippen LogP contribution in [0.3, 0.4) is 0 Å². The molecule has 0 saturated carbocycles. The van der Waals surface area contributed by atoms with Crippen LogP contribution in [0, 0.1) is 13.8 Å². The van der Waals surface area contributed by atoms with Crippen LogP contribution in [0.25, 0.3) is 0 Å². The summed E-state index contributed by atoms with van der Waals surface area (Å²) in [5, 5.41) is 9.97. The smallest absolute Gasteiger partial charge is 0.137 e. The molecule has 1 fully saturated rings. The van der Waals surface area contributed by atoms with E-state index in [1.54, 1.807) is 0 Å². The van der Waals surface area contributed by atoms with Gasteiger partial charge in [0.2, 0.25) is 0 Å². The number of rotatable bonds is 1. The Kier molecular flexibility index (Phi) is 2.80. The van der Waals surface area contributed by atoms with Gasteiger partial charge in [0.25, 0.3) is 0 Å². The molecule has 1 atom stereocenters. The number of anilines is 1. The van der Waals surface area contributed by atoms with Gasteiger partial charge in [0.1, 0.15) is 16.8 Å². The molecule has 1 saturated heterocycles. The highest BCUT2D eigenvalue weighted by atomic mass is 35.5. The van der Waals surface area contributed by atoms with Crippen molar-refractivity contribution in [2.24, 2.45) is 0 Å². The first-order chi connectivity index (χ1) is 7.08. The van der Waals surface area contributed by atoms with Crippen molar-refractivity contribution in [1.29, 1.82) is 0 Å². The highest BCUT2D eigenvalue weighted by molar-refractivity contribution is 6.30. The Morgan fingerprint density at radius 3 is 2.73 bits per heavy atom. The van der Waals surface area contributed by atoms with Gasteiger partial charge >= 0.3 is 0 Å². The number of aromatic nitrogens is 2. The van der Waals surface area contributed by atoms with Gasteiger partial charge in [0, 0.05) is 18.7 Å². The summed E-state index contributed by atoms with van der Waals surface area (Å²) in [5.74, 6) is 1.52. The molecule has 1 unspecified atom stereocenters. The molecule has 1 aromatic rings. The average Bonchev–Trinajstić information content (AvgIpc) is 2.58. The molecule has 5 heteroatoms. The summed E-state index contributed by atoms with van der Waals surface area (Å²) < 4.78 is 0. The Hall–Kier alpha value is -0.870. The monoisotopic (exact) mass is 227 g/mol. The third-order valence-corrected chi connectivity index (χ3v) is 3.00. The van der Waals surface area contributed by atoms with Crippen molar-refractivity contribution in [2.45, 2.75) is 26.4 Å². The molecule has 1 aliphatic heterocycles. The first-order valence-electron chi connectivity index (χ1n) is 5.01. The molecule has 1 aliphatic rings. The van der Waals surface area contributed by atoms with Crippen LogP contribution in [-0.4, -0.2) is 34.3 Å². The maximum absolute atomic E-state index is 9.47. The van der Waals surface area contributed by atoms with Crippen LogP contribution in [0.5, 0.6) is 0 Å². The number of aliphatic hydroxyl groups excluding tert-OH is 1. The number of aryl methyl sites for hydroxylation is 1. The first kappa shape index (κ1) is 10.6. The van der Waals surface area contributed by atoms with Gasteiger partial charge in [-0.05, 0) is 20.3 Å². The number of β-amino-alcohol motifs (C(OH)–C–C–N with tert-alkyl or cyclic N) is 1. The molecule has 82 valence electrons. The number of aliphatic hydroxyl groups is 1. The maximum atomic E-state index is 9.47. The molecule has 4 nitrogen and oxygen atoms in total. The van der Waals surface area contributed by atoms with Crippen molar-refractivity contribution in [1.82, 2.24) is 9.97 Å². The van der Waals surface area contributed by atoms with Gasteiger partial charge in [-0.3, -0.25) is 0 Å². The van der Waals surface area contributed by atoms with Crippen LogP contribution < -0.4 is 4.90 Å². The van der Waals surface area contributed by atoms with Crippen LogP contribution in [-0.2, 0) is 0 Å². The lowest BCUT2D eigenvalue weighted by molar-refractivity contribution is 0.198. The van der Waals surface area contributed by atoms with Crippen molar-refractivity contribution in [3.63, 3.8) is 0 Å². The average molecular weight is 228 g/mol. The Balaban J connectivity index is 2.35. The number of nitrogens with zero attached hydrogens (tertiary/aromatic N) is 3.